The average Bonchev–Trinajstić information content (AvgIpc) is 2.37. The lowest BCUT2D eigenvalue weighted by molar-refractivity contribution is 0.208. The molecule has 1 aromatic heterocycles. The molecule has 1 fully saturated rings. The van der Waals surface area contributed by atoms with Crippen molar-refractivity contribution >= 4 is 23.5 Å². The molecular weight excluding hydrogens is 254 g/mol. The highest BCUT2D eigenvalue weighted by molar-refractivity contribution is 6.28. The fraction of sp³-hybridized carbons (Fsp3) is 0.727. The summed E-state index contributed by atoms with van der Waals surface area (Å²) in [5.74, 6) is 1.03. The fourth-order valence-electron chi connectivity index (χ4n) is 1.89. The lowest BCUT2D eigenvalue weighted by Gasteiger charge is -2.26. The van der Waals surface area contributed by atoms with Gasteiger partial charge in [0.2, 0.25) is 17.2 Å². The Labute approximate surface area is 111 Å². The third-order valence-electron chi connectivity index (χ3n) is 2.79. The Morgan fingerprint density at radius 2 is 2.00 bits per heavy atom. The number of aromatic nitrogens is 3. The number of piperidine rings is 1. The highest BCUT2D eigenvalue weighted by Gasteiger charge is 2.15. The van der Waals surface area contributed by atoms with Gasteiger partial charge in [0.05, 0.1) is 6.10 Å². The van der Waals surface area contributed by atoms with Crippen LogP contribution in [0.4, 0.5) is 11.9 Å². The molecule has 6 nitrogen and oxygen atoms in total. The van der Waals surface area contributed by atoms with Gasteiger partial charge in [-0.2, -0.15) is 15.0 Å². The molecule has 2 rings (SSSR count). The fourth-order valence-corrected chi connectivity index (χ4v) is 2.05. The lowest BCUT2D eigenvalue weighted by atomic mass is 10.1. The van der Waals surface area contributed by atoms with Crippen LogP contribution in [0, 0.1) is 0 Å². The van der Waals surface area contributed by atoms with Crippen LogP contribution >= 0.6 is 11.6 Å². The van der Waals surface area contributed by atoms with Crippen LogP contribution in [0.2, 0.25) is 5.28 Å². The second-order valence-electron chi connectivity index (χ2n) is 4.51. The SMILES string of the molecule is CC(O)CNc1nc(Cl)nc(N2CCCCC2)n1. The van der Waals surface area contributed by atoms with Crippen molar-refractivity contribution in [1.29, 1.82) is 0 Å². The molecule has 0 bridgehead atoms. The number of hydrogen-bond acceptors (Lipinski definition) is 6. The van der Waals surface area contributed by atoms with E-state index in [-0.39, 0.29) is 5.28 Å². The first-order valence-corrected chi connectivity index (χ1v) is 6.61. The minimum atomic E-state index is -0.459. The summed E-state index contributed by atoms with van der Waals surface area (Å²) in [7, 11) is 0. The summed E-state index contributed by atoms with van der Waals surface area (Å²) in [5, 5.41) is 12.3. The Morgan fingerprint density at radius 3 is 2.67 bits per heavy atom. The van der Waals surface area contributed by atoms with E-state index in [0.717, 1.165) is 25.9 Å². The van der Waals surface area contributed by atoms with Crippen LogP contribution < -0.4 is 10.2 Å². The van der Waals surface area contributed by atoms with E-state index < -0.39 is 6.10 Å². The minimum Gasteiger partial charge on any atom is -0.392 e. The van der Waals surface area contributed by atoms with Crippen LogP contribution in [-0.2, 0) is 0 Å². The van der Waals surface area contributed by atoms with Crippen molar-refractivity contribution in [2.75, 3.05) is 29.9 Å². The number of rotatable bonds is 4. The van der Waals surface area contributed by atoms with Crippen LogP contribution in [0.25, 0.3) is 0 Å². The molecule has 1 aromatic rings. The Morgan fingerprint density at radius 1 is 1.28 bits per heavy atom. The topological polar surface area (TPSA) is 74.2 Å². The van der Waals surface area contributed by atoms with Crippen molar-refractivity contribution in [3.05, 3.63) is 5.28 Å². The molecule has 18 heavy (non-hydrogen) atoms. The smallest absolute Gasteiger partial charge is 0.231 e. The normalized spacial score (nSPS) is 17.6. The Balaban J connectivity index is 2.09. The van der Waals surface area contributed by atoms with Crippen LogP contribution in [0.15, 0.2) is 0 Å². The summed E-state index contributed by atoms with van der Waals surface area (Å²) in [5.41, 5.74) is 0. The van der Waals surface area contributed by atoms with Crippen LogP contribution in [0.3, 0.4) is 0 Å². The second-order valence-corrected chi connectivity index (χ2v) is 4.84. The standard InChI is InChI=1S/C11H18ClN5O/c1-8(18)7-13-10-14-9(12)15-11(16-10)17-5-3-2-4-6-17/h8,18H,2-7H2,1H3,(H,13,14,15,16). The largest absolute Gasteiger partial charge is 0.392 e. The number of nitrogens with one attached hydrogen (secondary N) is 1. The van der Waals surface area contributed by atoms with E-state index >= 15 is 0 Å². The predicted molar refractivity (Wildman–Crippen MR) is 71.1 cm³/mol. The summed E-state index contributed by atoms with van der Waals surface area (Å²) >= 11 is 5.89. The number of aliphatic hydroxyl groups is 1. The third kappa shape index (κ3) is 3.68. The van der Waals surface area contributed by atoms with Gasteiger partial charge in [0.1, 0.15) is 0 Å². The van der Waals surface area contributed by atoms with E-state index in [1.54, 1.807) is 6.92 Å². The van der Waals surface area contributed by atoms with Crippen molar-refractivity contribution in [1.82, 2.24) is 15.0 Å². The molecule has 1 atom stereocenters. The average molecular weight is 272 g/mol. The molecular formula is C11H18ClN5O. The first kappa shape index (κ1) is 13.3. The van der Waals surface area contributed by atoms with Crippen molar-refractivity contribution in [2.24, 2.45) is 0 Å². The third-order valence-corrected chi connectivity index (χ3v) is 2.96. The minimum absolute atomic E-state index is 0.179. The zero-order valence-corrected chi connectivity index (χ0v) is 11.2. The van der Waals surface area contributed by atoms with Gasteiger partial charge in [-0.05, 0) is 37.8 Å². The molecule has 7 heteroatoms. The van der Waals surface area contributed by atoms with Gasteiger partial charge < -0.3 is 15.3 Å². The van der Waals surface area contributed by atoms with E-state index in [0.29, 0.717) is 18.4 Å². The molecule has 0 spiro atoms. The molecule has 1 aliphatic rings. The Bertz CT molecular complexity index is 395. The molecule has 0 aliphatic carbocycles. The van der Waals surface area contributed by atoms with E-state index in [1.165, 1.54) is 6.42 Å². The van der Waals surface area contributed by atoms with Crippen molar-refractivity contribution in [3.8, 4) is 0 Å². The van der Waals surface area contributed by atoms with E-state index in [9.17, 15) is 5.11 Å². The van der Waals surface area contributed by atoms with Crippen molar-refractivity contribution < 1.29 is 5.11 Å². The Hall–Kier alpha value is -1.14. The Kier molecular flexibility index (Phi) is 4.54. The van der Waals surface area contributed by atoms with Crippen LogP contribution in [0.5, 0.6) is 0 Å². The maximum Gasteiger partial charge on any atom is 0.231 e. The number of aliphatic hydroxyl groups excluding tert-OH is 1. The lowest BCUT2D eigenvalue weighted by Crippen LogP contribution is -2.31. The molecule has 0 saturated carbocycles. The molecule has 1 unspecified atom stereocenters. The monoisotopic (exact) mass is 271 g/mol. The summed E-state index contributed by atoms with van der Waals surface area (Å²) in [6, 6.07) is 0. The molecule has 0 aromatic carbocycles. The molecule has 2 heterocycles. The predicted octanol–water partition coefficient (Wildman–Crippen LogP) is 1.31. The maximum atomic E-state index is 9.22. The first-order valence-electron chi connectivity index (χ1n) is 6.23. The van der Waals surface area contributed by atoms with Gasteiger partial charge >= 0.3 is 0 Å². The van der Waals surface area contributed by atoms with E-state index in [1.807, 2.05) is 0 Å². The summed E-state index contributed by atoms with van der Waals surface area (Å²) in [4.78, 5) is 14.6. The number of nitrogens with zero attached hydrogens (tertiary/aromatic N) is 4. The van der Waals surface area contributed by atoms with Crippen LogP contribution in [-0.4, -0.2) is 45.8 Å². The summed E-state index contributed by atoms with van der Waals surface area (Å²) < 4.78 is 0. The first-order chi connectivity index (χ1) is 8.65. The number of hydrogen-bond donors (Lipinski definition) is 2. The van der Waals surface area contributed by atoms with Gasteiger partial charge in [-0.1, -0.05) is 0 Å². The molecule has 0 amide bonds. The van der Waals surface area contributed by atoms with Crippen molar-refractivity contribution in [3.63, 3.8) is 0 Å². The van der Waals surface area contributed by atoms with Crippen molar-refractivity contribution in [2.45, 2.75) is 32.3 Å². The number of halogens is 1. The van der Waals surface area contributed by atoms with Gasteiger partial charge in [-0.3, -0.25) is 0 Å². The van der Waals surface area contributed by atoms with Gasteiger partial charge in [0.15, 0.2) is 0 Å². The molecule has 2 N–H and O–H groups in total. The highest BCUT2D eigenvalue weighted by atomic mass is 35.5. The number of anilines is 2. The maximum absolute atomic E-state index is 9.22. The zero-order chi connectivity index (χ0) is 13.0. The highest BCUT2D eigenvalue weighted by Crippen LogP contribution is 2.18. The van der Waals surface area contributed by atoms with E-state index in [2.05, 4.69) is 25.2 Å². The molecule has 0 radical (unpaired) electrons. The molecule has 100 valence electrons. The second kappa shape index (κ2) is 6.15. The summed E-state index contributed by atoms with van der Waals surface area (Å²) in [6.45, 7) is 3.99. The van der Waals surface area contributed by atoms with Gasteiger partial charge in [0.25, 0.3) is 0 Å². The van der Waals surface area contributed by atoms with Gasteiger partial charge in [-0.25, -0.2) is 0 Å². The van der Waals surface area contributed by atoms with Crippen LogP contribution in [0.1, 0.15) is 26.2 Å². The zero-order valence-electron chi connectivity index (χ0n) is 10.4. The molecule has 1 saturated heterocycles. The quantitative estimate of drug-likeness (QED) is 0.860. The summed E-state index contributed by atoms with van der Waals surface area (Å²) in [6.07, 6.45) is 3.10. The van der Waals surface area contributed by atoms with E-state index in [4.69, 9.17) is 11.6 Å². The van der Waals surface area contributed by atoms with Gasteiger partial charge in [-0.15, -0.1) is 0 Å². The molecule has 1 aliphatic heterocycles. The van der Waals surface area contributed by atoms with Gasteiger partial charge in [0, 0.05) is 19.6 Å².